The first-order valence-electron chi connectivity index (χ1n) is 5.50. The van der Waals surface area contributed by atoms with E-state index >= 15 is 0 Å². The molecule has 98 valence electrons. The van der Waals surface area contributed by atoms with Gasteiger partial charge in [-0.3, -0.25) is 4.79 Å². The van der Waals surface area contributed by atoms with E-state index in [1.807, 2.05) is 0 Å². The zero-order chi connectivity index (χ0) is 13.8. The minimum atomic E-state index is -0.630. The molecule has 0 aliphatic carbocycles. The Bertz CT molecular complexity index is 614. The highest BCUT2D eigenvalue weighted by Crippen LogP contribution is 2.18. The van der Waals surface area contributed by atoms with Gasteiger partial charge in [0.2, 0.25) is 0 Å². The topological polar surface area (TPSA) is 38.3 Å². The smallest absolute Gasteiger partial charge is 0.255 e. The van der Waals surface area contributed by atoms with Gasteiger partial charge in [-0.15, -0.1) is 0 Å². The first-order valence-corrected chi connectivity index (χ1v) is 5.50. The molecule has 0 aromatic heterocycles. The Balaban J connectivity index is 2.18. The lowest BCUT2D eigenvalue weighted by Gasteiger charge is -2.07. The molecule has 0 aliphatic heterocycles. The van der Waals surface area contributed by atoms with Crippen molar-refractivity contribution < 1.29 is 18.3 Å². The SMILES string of the molecule is COc1ccc(C(=O)Nc2cccc(F)c2)cc1F. The minimum Gasteiger partial charge on any atom is -0.494 e. The summed E-state index contributed by atoms with van der Waals surface area (Å²) < 4.78 is 31.2. The van der Waals surface area contributed by atoms with Crippen LogP contribution in [-0.4, -0.2) is 13.0 Å². The van der Waals surface area contributed by atoms with Crippen LogP contribution in [0.4, 0.5) is 14.5 Å². The molecule has 0 bridgehead atoms. The Morgan fingerprint density at radius 3 is 2.58 bits per heavy atom. The standard InChI is InChI=1S/C14H11F2NO2/c1-19-13-6-5-9(7-12(13)16)14(18)17-11-4-2-3-10(15)8-11/h2-8H,1H3,(H,17,18). The number of nitrogens with one attached hydrogen (secondary N) is 1. The van der Waals surface area contributed by atoms with Gasteiger partial charge >= 0.3 is 0 Å². The van der Waals surface area contributed by atoms with Gasteiger partial charge in [-0.1, -0.05) is 6.07 Å². The lowest BCUT2D eigenvalue weighted by atomic mass is 10.2. The maximum absolute atomic E-state index is 13.4. The van der Waals surface area contributed by atoms with E-state index in [1.54, 1.807) is 6.07 Å². The van der Waals surface area contributed by atoms with Crippen molar-refractivity contribution in [2.75, 3.05) is 12.4 Å². The number of hydrogen-bond acceptors (Lipinski definition) is 2. The van der Waals surface area contributed by atoms with Crippen molar-refractivity contribution in [2.24, 2.45) is 0 Å². The van der Waals surface area contributed by atoms with E-state index in [0.29, 0.717) is 5.69 Å². The monoisotopic (exact) mass is 263 g/mol. The summed E-state index contributed by atoms with van der Waals surface area (Å²) in [6.45, 7) is 0. The van der Waals surface area contributed by atoms with Crippen LogP contribution >= 0.6 is 0 Å². The molecule has 0 saturated carbocycles. The van der Waals surface area contributed by atoms with E-state index in [1.165, 1.54) is 37.4 Å². The molecular weight excluding hydrogens is 252 g/mol. The summed E-state index contributed by atoms with van der Waals surface area (Å²) in [6, 6.07) is 9.31. The molecular formula is C14H11F2NO2. The number of halogens is 2. The van der Waals surface area contributed by atoms with Crippen LogP contribution in [0.15, 0.2) is 42.5 Å². The van der Waals surface area contributed by atoms with Gasteiger partial charge in [0, 0.05) is 11.3 Å². The van der Waals surface area contributed by atoms with E-state index in [2.05, 4.69) is 5.32 Å². The summed E-state index contributed by atoms with van der Waals surface area (Å²) in [4.78, 5) is 11.8. The molecule has 2 aromatic carbocycles. The van der Waals surface area contributed by atoms with Crippen LogP contribution < -0.4 is 10.1 Å². The molecule has 0 atom stereocenters. The number of rotatable bonds is 3. The van der Waals surface area contributed by atoms with Crippen molar-refractivity contribution in [1.82, 2.24) is 0 Å². The molecule has 3 nitrogen and oxygen atoms in total. The largest absolute Gasteiger partial charge is 0.494 e. The van der Waals surface area contributed by atoms with Crippen LogP contribution in [0.25, 0.3) is 0 Å². The first kappa shape index (κ1) is 13.0. The quantitative estimate of drug-likeness (QED) is 0.923. The average molecular weight is 263 g/mol. The first-order chi connectivity index (χ1) is 9.10. The second-order valence-electron chi connectivity index (χ2n) is 3.81. The van der Waals surface area contributed by atoms with E-state index in [0.717, 1.165) is 6.07 Å². The minimum absolute atomic E-state index is 0.0577. The number of benzene rings is 2. The lowest BCUT2D eigenvalue weighted by Crippen LogP contribution is -2.12. The zero-order valence-corrected chi connectivity index (χ0v) is 10.1. The molecule has 0 aliphatic rings. The Morgan fingerprint density at radius 1 is 1.16 bits per heavy atom. The average Bonchev–Trinajstić information content (AvgIpc) is 2.38. The normalized spacial score (nSPS) is 10.1. The molecule has 1 N–H and O–H groups in total. The fourth-order valence-electron chi connectivity index (χ4n) is 1.58. The Morgan fingerprint density at radius 2 is 1.95 bits per heavy atom. The van der Waals surface area contributed by atoms with Gasteiger partial charge in [0.05, 0.1) is 7.11 Å². The number of hydrogen-bond donors (Lipinski definition) is 1. The predicted molar refractivity (Wildman–Crippen MR) is 67.3 cm³/mol. The molecule has 0 radical (unpaired) electrons. The molecule has 19 heavy (non-hydrogen) atoms. The number of carbonyl (C=O) groups excluding carboxylic acids is 1. The highest BCUT2D eigenvalue weighted by molar-refractivity contribution is 6.04. The van der Waals surface area contributed by atoms with Crippen LogP contribution in [0, 0.1) is 11.6 Å². The summed E-state index contributed by atoms with van der Waals surface area (Å²) in [5.41, 5.74) is 0.434. The van der Waals surface area contributed by atoms with E-state index < -0.39 is 17.5 Å². The Kier molecular flexibility index (Phi) is 3.75. The van der Waals surface area contributed by atoms with E-state index in [9.17, 15) is 13.6 Å². The van der Waals surface area contributed by atoms with Crippen molar-refractivity contribution >= 4 is 11.6 Å². The number of amides is 1. The zero-order valence-electron chi connectivity index (χ0n) is 10.1. The van der Waals surface area contributed by atoms with E-state index in [-0.39, 0.29) is 11.3 Å². The maximum Gasteiger partial charge on any atom is 0.255 e. The van der Waals surface area contributed by atoms with Crippen molar-refractivity contribution in [3.63, 3.8) is 0 Å². The predicted octanol–water partition coefficient (Wildman–Crippen LogP) is 3.23. The molecule has 2 aromatic rings. The van der Waals surface area contributed by atoms with Gasteiger partial charge in [0.25, 0.3) is 5.91 Å². The number of methoxy groups -OCH3 is 1. The van der Waals surface area contributed by atoms with Gasteiger partial charge in [0.15, 0.2) is 11.6 Å². The number of carbonyl (C=O) groups is 1. The summed E-state index contributed by atoms with van der Waals surface area (Å²) >= 11 is 0. The fourth-order valence-corrected chi connectivity index (χ4v) is 1.58. The van der Waals surface area contributed by atoms with Crippen LogP contribution in [0.2, 0.25) is 0 Å². The summed E-state index contributed by atoms with van der Waals surface area (Å²) in [5.74, 6) is -1.55. The third-order valence-electron chi connectivity index (χ3n) is 2.50. The highest BCUT2D eigenvalue weighted by atomic mass is 19.1. The third-order valence-corrected chi connectivity index (χ3v) is 2.50. The molecule has 1 amide bonds. The Labute approximate surface area is 108 Å². The fraction of sp³-hybridized carbons (Fsp3) is 0.0714. The molecule has 0 heterocycles. The van der Waals surface area contributed by atoms with Gasteiger partial charge < -0.3 is 10.1 Å². The number of ether oxygens (including phenoxy) is 1. The number of anilines is 1. The summed E-state index contributed by atoms with van der Waals surface area (Å²) in [5, 5.41) is 2.48. The summed E-state index contributed by atoms with van der Waals surface area (Å²) in [7, 11) is 1.34. The lowest BCUT2D eigenvalue weighted by molar-refractivity contribution is 0.102. The van der Waals surface area contributed by atoms with Crippen LogP contribution in [0.3, 0.4) is 0 Å². The van der Waals surface area contributed by atoms with Crippen molar-refractivity contribution in [2.45, 2.75) is 0 Å². The van der Waals surface area contributed by atoms with Crippen molar-refractivity contribution in [1.29, 1.82) is 0 Å². The second kappa shape index (κ2) is 5.48. The van der Waals surface area contributed by atoms with Gasteiger partial charge in [-0.2, -0.15) is 0 Å². The van der Waals surface area contributed by atoms with Crippen molar-refractivity contribution in [3.05, 3.63) is 59.7 Å². The summed E-state index contributed by atoms with van der Waals surface area (Å²) in [6.07, 6.45) is 0. The van der Waals surface area contributed by atoms with Crippen LogP contribution in [0.5, 0.6) is 5.75 Å². The third kappa shape index (κ3) is 3.07. The molecule has 0 spiro atoms. The molecule has 5 heteroatoms. The second-order valence-corrected chi connectivity index (χ2v) is 3.81. The molecule has 2 rings (SSSR count). The molecule has 0 unspecified atom stereocenters. The maximum atomic E-state index is 13.4. The van der Waals surface area contributed by atoms with E-state index in [4.69, 9.17) is 4.74 Å². The molecule has 0 saturated heterocycles. The van der Waals surface area contributed by atoms with Crippen molar-refractivity contribution in [3.8, 4) is 5.75 Å². The Hall–Kier alpha value is -2.43. The van der Waals surface area contributed by atoms with Gasteiger partial charge in [-0.25, -0.2) is 8.78 Å². The highest BCUT2D eigenvalue weighted by Gasteiger charge is 2.10. The van der Waals surface area contributed by atoms with Crippen LogP contribution in [0.1, 0.15) is 10.4 Å². The van der Waals surface area contributed by atoms with Gasteiger partial charge in [-0.05, 0) is 36.4 Å². The van der Waals surface area contributed by atoms with Crippen LogP contribution in [-0.2, 0) is 0 Å². The molecule has 0 fully saturated rings. The van der Waals surface area contributed by atoms with Gasteiger partial charge in [0.1, 0.15) is 5.82 Å².